The minimum Gasteiger partial charge on any atom is -0.369 e. The number of aromatic nitrogens is 3. The van der Waals surface area contributed by atoms with Crippen molar-refractivity contribution < 1.29 is 0 Å². The fraction of sp³-hybridized carbons (Fsp3) is 0.417. The molecule has 5 nitrogen and oxygen atoms in total. The number of piperazine rings is 1. The standard InChI is InChI=1S/C24H30ClN5/c1-19-9-10-20(2)24(17-19)29-15-13-28(14-16-29)11-5-6-12-30-18-23(26-27-30)21-7-3-4-8-22(21)25/h3-4,7-10,17-18H,5-6,11-16H2,1-2H3. The molecule has 158 valence electrons. The zero-order chi connectivity index (χ0) is 20.9. The van der Waals surface area contributed by atoms with Crippen LogP contribution in [0.3, 0.4) is 0 Å². The molecule has 1 aromatic heterocycles. The molecule has 0 aliphatic carbocycles. The quantitative estimate of drug-likeness (QED) is 0.510. The first-order chi connectivity index (χ1) is 14.6. The van der Waals surface area contributed by atoms with Gasteiger partial charge in [0, 0.05) is 44.0 Å². The summed E-state index contributed by atoms with van der Waals surface area (Å²) < 4.78 is 1.93. The molecule has 1 saturated heterocycles. The molecule has 0 atom stereocenters. The number of anilines is 1. The van der Waals surface area contributed by atoms with Gasteiger partial charge in [-0.2, -0.15) is 0 Å². The highest BCUT2D eigenvalue weighted by Crippen LogP contribution is 2.25. The van der Waals surface area contributed by atoms with E-state index in [0.717, 1.165) is 56.9 Å². The first kappa shape index (κ1) is 20.9. The lowest BCUT2D eigenvalue weighted by atomic mass is 10.1. The zero-order valence-electron chi connectivity index (χ0n) is 17.9. The first-order valence-corrected chi connectivity index (χ1v) is 11.2. The van der Waals surface area contributed by atoms with Crippen molar-refractivity contribution in [1.82, 2.24) is 19.9 Å². The van der Waals surface area contributed by atoms with E-state index in [0.29, 0.717) is 5.02 Å². The summed E-state index contributed by atoms with van der Waals surface area (Å²) in [5.41, 5.74) is 5.88. The van der Waals surface area contributed by atoms with Gasteiger partial charge in [0.25, 0.3) is 0 Å². The minimum atomic E-state index is 0.713. The molecular weight excluding hydrogens is 394 g/mol. The maximum atomic E-state index is 6.26. The van der Waals surface area contributed by atoms with Gasteiger partial charge in [0.1, 0.15) is 5.69 Å². The Morgan fingerprint density at radius 2 is 1.70 bits per heavy atom. The number of hydrogen-bond donors (Lipinski definition) is 0. The molecular formula is C24H30ClN5. The largest absolute Gasteiger partial charge is 0.369 e. The molecule has 1 aliphatic heterocycles. The van der Waals surface area contributed by atoms with Crippen LogP contribution in [0.25, 0.3) is 11.3 Å². The second-order valence-corrected chi connectivity index (χ2v) is 8.58. The lowest BCUT2D eigenvalue weighted by Gasteiger charge is -2.37. The summed E-state index contributed by atoms with van der Waals surface area (Å²) in [6.45, 7) is 10.9. The SMILES string of the molecule is Cc1ccc(C)c(N2CCN(CCCCn3cc(-c4ccccc4Cl)nn3)CC2)c1. The highest BCUT2D eigenvalue weighted by molar-refractivity contribution is 6.33. The van der Waals surface area contributed by atoms with E-state index in [9.17, 15) is 0 Å². The Labute approximate surface area is 184 Å². The molecule has 3 aromatic rings. The number of rotatable bonds is 7. The number of aryl methyl sites for hydroxylation is 3. The van der Waals surface area contributed by atoms with Gasteiger partial charge in [-0.3, -0.25) is 9.58 Å². The van der Waals surface area contributed by atoms with Crippen LogP contribution in [0.2, 0.25) is 5.02 Å². The fourth-order valence-corrected chi connectivity index (χ4v) is 4.31. The van der Waals surface area contributed by atoms with Crippen molar-refractivity contribution in [3.63, 3.8) is 0 Å². The molecule has 1 fully saturated rings. The molecule has 0 radical (unpaired) electrons. The average Bonchev–Trinajstić information content (AvgIpc) is 3.22. The van der Waals surface area contributed by atoms with Crippen molar-refractivity contribution in [3.8, 4) is 11.3 Å². The van der Waals surface area contributed by atoms with Crippen molar-refractivity contribution in [2.45, 2.75) is 33.2 Å². The van der Waals surface area contributed by atoms with E-state index in [2.05, 4.69) is 52.2 Å². The third-order valence-corrected chi connectivity index (χ3v) is 6.21. The first-order valence-electron chi connectivity index (χ1n) is 10.8. The van der Waals surface area contributed by atoms with Gasteiger partial charge < -0.3 is 4.90 Å². The number of halogens is 1. The molecule has 1 aliphatic rings. The predicted molar refractivity (Wildman–Crippen MR) is 124 cm³/mol. The maximum Gasteiger partial charge on any atom is 0.114 e. The molecule has 2 aromatic carbocycles. The summed E-state index contributed by atoms with van der Waals surface area (Å²) in [6, 6.07) is 14.5. The van der Waals surface area contributed by atoms with Crippen LogP contribution < -0.4 is 4.90 Å². The van der Waals surface area contributed by atoms with Crippen LogP contribution in [0.15, 0.2) is 48.7 Å². The molecule has 2 heterocycles. The van der Waals surface area contributed by atoms with Crippen molar-refractivity contribution in [2.75, 3.05) is 37.6 Å². The van der Waals surface area contributed by atoms with E-state index in [-0.39, 0.29) is 0 Å². The van der Waals surface area contributed by atoms with Gasteiger partial charge in [-0.05, 0) is 56.5 Å². The summed E-state index contributed by atoms with van der Waals surface area (Å²) in [5.74, 6) is 0. The molecule has 4 rings (SSSR count). The van der Waals surface area contributed by atoms with Crippen LogP contribution in [0.5, 0.6) is 0 Å². The number of unbranched alkanes of at least 4 members (excludes halogenated alkanes) is 1. The third-order valence-electron chi connectivity index (χ3n) is 5.88. The van der Waals surface area contributed by atoms with Gasteiger partial charge in [-0.1, -0.05) is 47.1 Å². The Balaban J connectivity index is 1.20. The smallest absolute Gasteiger partial charge is 0.114 e. The molecule has 0 N–H and O–H groups in total. The monoisotopic (exact) mass is 423 g/mol. The lowest BCUT2D eigenvalue weighted by molar-refractivity contribution is 0.250. The van der Waals surface area contributed by atoms with Gasteiger partial charge in [0.05, 0.1) is 11.2 Å². The zero-order valence-corrected chi connectivity index (χ0v) is 18.6. The highest BCUT2D eigenvalue weighted by Gasteiger charge is 2.18. The van der Waals surface area contributed by atoms with E-state index in [1.165, 1.54) is 23.2 Å². The van der Waals surface area contributed by atoms with E-state index >= 15 is 0 Å². The summed E-state index contributed by atoms with van der Waals surface area (Å²) in [6.07, 6.45) is 4.26. The molecule has 6 heteroatoms. The molecule has 0 bridgehead atoms. The van der Waals surface area contributed by atoms with Crippen LogP contribution in [-0.4, -0.2) is 52.6 Å². The Hall–Kier alpha value is -2.37. The second-order valence-electron chi connectivity index (χ2n) is 8.17. The fourth-order valence-electron chi connectivity index (χ4n) is 4.08. The Bertz CT molecular complexity index is 975. The van der Waals surface area contributed by atoms with E-state index < -0.39 is 0 Å². The van der Waals surface area contributed by atoms with Crippen LogP contribution in [-0.2, 0) is 6.54 Å². The average molecular weight is 424 g/mol. The summed E-state index contributed by atoms with van der Waals surface area (Å²) in [7, 11) is 0. The minimum absolute atomic E-state index is 0.713. The van der Waals surface area contributed by atoms with Gasteiger partial charge in [0.2, 0.25) is 0 Å². The van der Waals surface area contributed by atoms with Crippen LogP contribution >= 0.6 is 11.6 Å². The van der Waals surface area contributed by atoms with Crippen molar-refractivity contribution >= 4 is 17.3 Å². The Morgan fingerprint density at radius 3 is 2.50 bits per heavy atom. The van der Waals surface area contributed by atoms with Crippen LogP contribution in [0.1, 0.15) is 24.0 Å². The van der Waals surface area contributed by atoms with Crippen molar-refractivity contribution in [2.24, 2.45) is 0 Å². The van der Waals surface area contributed by atoms with Crippen molar-refractivity contribution in [1.29, 1.82) is 0 Å². The molecule has 0 unspecified atom stereocenters. The van der Waals surface area contributed by atoms with Gasteiger partial charge >= 0.3 is 0 Å². The van der Waals surface area contributed by atoms with Gasteiger partial charge in [0.15, 0.2) is 0 Å². The molecule has 0 amide bonds. The molecule has 0 saturated carbocycles. The number of hydrogen-bond acceptors (Lipinski definition) is 4. The van der Waals surface area contributed by atoms with Crippen LogP contribution in [0, 0.1) is 13.8 Å². The van der Waals surface area contributed by atoms with E-state index in [4.69, 9.17) is 11.6 Å². The van der Waals surface area contributed by atoms with Crippen LogP contribution in [0.4, 0.5) is 5.69 Å². The lowest BCUT2D eigenvalue weighted by Crippen LogP contribution is -2.46. The normalized spacial score (nSPS) is 15.0. The Morgan fingerprint density at radius 1 is 0.933 bits per heavy atom. The summed E-state index contributed by atoms with van der Waals surface area (Å²) in [5, 5.41) is 9.26. The van der Waals surface area contributed by atoms with E-state index in [1.54, 1.807) is 0 Å². The predicted octanol–water partition coefficient (Wildman–Crippen LogP) is 4.82. The highest BCUT2D eigenvalue weighted by atomic mass is 35.5. The third kappa shape index (κ3) is 5.02. The maximum absolute atomic E-state index is 6.26. The van der Waals surface area contributed by atoms with E-state index in [1.807, 2.05) is 35.1 Å². The van der Waals surface area contributed by atoms with Gasteiger partial charge in [-0.15, -0.1) is 5.10 Å². The second kappa shape index (κ2) is 9.63. The number of nitrogens with zero attached hydrogens (tertiary/aromatic N) is 5. The molecule has 0 spiro atoms. The van der Waals surface area contributed by atoms with Crippen molar-refractivity contribution in [3.05, 3.63) is 64.8 Å². The summed E-state index contributed by atoms with van der Waals surface area (Å²) in [4.78, 5) is 5.11. The topological polar surface area (TPSA) is 37.2 Å². The Kier molecular flexibility index (Phi) is 6.70. The molecule has 30 heavy (non-hydrogen) atoms. The number of benzene rings is 2. The van der Waals surface area contributed by atoms with Gasteiger partial charge in [-0.25, -0.2) is 0 Å². The summed E-state index contributed by atoms with van der Waals surface area (Å²) >= 11 is 6.26.